The van der Waals surface area contributed by atoms with E-state index in [2.05, 4.69) is 15.9 Å². The van der Waals surface area contributed by atoms with Gasteiger partial charge in [-0.05, 0) is 34.1 Å². The molecule has 1 aromatic rings. The van der Waals surface area contributed by atoms with E-state index in [4.69, 9.17) is 0 Å². The number of anilines is 1. The summed E-state index contributed by atoms with van der Waals surface area (Å²) in [7, 11) is -4.75. The van der Waals surface area contributed by atoms with Gasteiger partial charge in [0.05, 0.1) is 10.2 Å². The van der Waals surface area contributed by atoms with E-state index in [0.29, 0.717) is 0 Å². The largest absolute Gasteiger partial charge is 0.355 e. The second-order valence-electron chi connectivity index (χ2n) is 2.54. The molecule has 0 heterocycles. The van der Waals surface area contributed by atoms with Crippen LogP contribution in [0.5, 0.6) is 0 Å². The van der Waals surface area contributed by atoms with E-state index in [1.165, 1.54) is 6.07 Å². The van der Waals surface area contributed by atoms with Gasteiger partial charge in [0, 0.05) is 0 Å². The molecule has 1 N–H and O–H groups in total. The van der Waals surface area contributed by atoms with E-state index < -0.39 is 21.6 Å². The predicted octanol–water partition coefficient (Wildman–Crippen LogP) is 2.55. The van der Waals surface area contributed by atoms with Crippen LogP contribution in [0.3, 0.4) is 0 Å². The first-order valence-corrected chi connectivity index (χ1v) is 5.91. The van der Waals surface area contributed by atoms with Crippen LogP contribution in [0.4, 0.5) is 18.9 Å². The van der Waals surface area contributed by atoms with Crippen molar-refractivity contribution in [3.05, 3.63) is 28.5 Å². The molecule has 3 nitrogen and oxygen atoms in total. The highest BCUT2D eigenvalue weighted by atomic mass is 79.9. The Bertz CT molecular complexity index is 463. The van der Waals surface area contributed by atoms with Crippen molar-refractivity contribution in [2.24, 2.45) is 0 Å². The Morgan fingerprint density at radius 2 is 1.93 bits per heavy atom. The number of alkyl halides is 2. The standard InChI is InChI=1S/C7H5BrF3NO2S/c8-5-2-1-4(3-6(5)9)12-15(13,14)7(10)11/h1-3,7,12H. The summed E-state index contributed by atoms with van der Waals surface area (Å²) in [6, 6.07) is 3.16. The number of rotatable bonds is 3. The molecular weight excluding hydrogens is 299 g/mol. The normalized spacial score (nSPS) is 11.8. The third kappa shape index (κ3) is 3.10. The predicted molar refractivity (Wildman–Crippen MR) is 52.6 cm³/mol. The summed E-state index contributed by atoms with van der Waals surface area (Å²) in [6.45, 7) is 0. The van der Waals surface area contributed by atoms with Gasteiger partial charge >= 0.3 is 5.76 Å². The molecule has 0 unspecified atom stereocenters. The van der Waals surface area contributed by atoms with Crippen LogP contribution in [0.1, 0.15) is 0 Å². The Hall–Kier alpha value is -0.760. The van der Waals surface area contributed by atoms with Gasteiger partial charge in [-0.15, -0.1) is 0 Å². The average molecular weight is 304 g/mol. The van der Waals surface area contributed by atoms with E-state index in [1.54, 1.807) is 4.72 Å². The molecule has 1 aromatic carbocycles. The molecule has 15 heavy (non-hydrogen) atoms. The van der Waals surface area contributed by atoms with Crippen LogP contribution in [0.2, 0.25) is 0 Å². The average Bonchev–Trinajstić information content (AvgIpc) is 2.10. The minimum absolute atomic E-state index is 0.113. The minimum atomic E-state index is -4.75. The lowest BCUT2D eigenvalue weighted by atomic mass is 10.3. The van der Waals surface area contributed by atoms with Crippen molar-refractivity contribution in [1.82, 2.24) is 0 Å². The number of halogens is 4. The summed E-state index contributed by atoms with van der Waals surface area (Å²) in [6.07, 6.45) is 0. The van der Waals surface area contributed by atoms with Crippen molar-refractivity contribution in [1.29, 1.82) is 0 Å². The minimum Gasteiger partial charge on any atom is -0.279 e. The molecule has 0 spiro atoms. The van der Waals surface area contributed by atoms with Crippen LogP contribution in [-0.4, -0.2) is 14.2 Å². The Kier molecular flexibility index (Phi) is 3.61. The zero-order valence-corrected chi connectivity index (χ0v) is 9.45. The summed E-state index contributed by atoms with van der Waals surface area (Å²) in [5, 5.41) is 0. The summed E-state index contributed by atoms with van der Waals surface area (Å²) in [5.41, 5.74) is -0.254. The van der Waals surface area contributed by atoms with E-state index in [-0.39, 0.29) is 10.2 Å². The van der Waals surface area contributed by atoms with Gasteiger partial charge in [0.1, 0.15) is 5.82 Å². The van der Waals surface area contributed by atoms with Gasteiger partial charge in [-0.1, -0.05) is 0 Å². The van der Waals surface area contributed by atoms with Crippen molar-refractivity contribution in [2.45, 2.75) is 5.76 Å². The van der Waals surface area contributed by atoms with Crippen molar-refractivity contribution >= 4 is 31.6 Å². The lowest BCUT2D eigenvalue weighted by Crippen LogP contribution is -2.20. The van der Waals surface area contributed by atoms with Crippen molar-refractivity contribution in [3.8, 4) is 0 Å². The molecule has 0 aliphatic rings. The van der Waals surface area contributed by atoms with E-state index in [0.717, 1.165) is 12.1 Å². The highest BCUT2D eigenvalue weighted by Gasteiger charge is 2.23. The molecule has 0 fully saturated rings. The van der Waals surface area contributed by atoms with E-state index >= 15 is 0 Å². The quantitative estimate of drug-likeness (QED) is 0.933. The molecule has 0 radical (unpaired) electrons. The summed E-state index contributed by atoms with van der Waals surface area (Å²) >= 11 is 2.84. The first kappa shape index (κ1) is 12.3. The lowest BCUT2D eigenvalue weighted by Gasteiger charge is -2.06. The monoisotopic (exact) mass is 303 g/mol. The van der Waals surface area contributed by atoms with Crippen LogP contribution in [0, 0.1) is 5.82 Å². The Labute approximate surface area is 92.5 Å². The van der Waals surface area contributed by atoms with Crippen LogP contribution in [-0.2, 0) is 10.0 Å². The molecule has 0 aromatic heterocycles. The van der Waals surface area contributed by atoms with Crippen LogP contribution in [0.15, 0.2) is 22.7 Å². The first-order chi connectivity index (χ1) is 6.83. The van der Waals surface area contributed by atoms with Crippen LogP contribution >= 0.6 is 15.9 Å². The van der Waals surface area contributed by atoms with E-state index in [9.17, 15) is 21.6 Å². The number of hydrogen-bond acceptors (Lipinski definition) is 2. The second-order valence-corrected chi connectivity index (χ2v) is 5.04. The molecular formula is C7H5BrF3NO2S. The lowest BCUT2D eigenvalue weighted by molar-refractivity contribution is 0.236. The topological polar surface area (TPSA) is 46.2 Å². The second kappa shape index (κ2) is 4.40. The Morgan fingerprint density at radius 3 is 2.40 bits per heavy atom. The fourth-order valence-corrected chi connectivity index (χ4v) is 1.56. The molecule has 0 aliphatic carbocycles. The molecule has 1 rings (SSSR count). The fourth-order valence-electron chi connectivity index (χ4n) is 0.768. The molecule has 0 saturated heterocycles. The molecule has 0 atom stereocenters. The Morgan fingerprint density at radius 1 is 1.33 bits per heavy atom. The van der Waals surface area contributed by atoms with Gasteiger partial charge in [-0.25, -0.2) is 12.8 Å². The van der Waals surface area contributed by atoms with Crippen LogP contribution < -0.4 is 4.72 Å². The SMILES string of the molecule is O=S(=O)(Nc1ccc(Br)c(F)c1)C(F)F. The number of nitrogens with one attached hydrogen (secondary N) is 1. The van der Waals surface area contributed by atoms with Gasteiger partial charge < -0.3 is 0 Å². The maximum absolute atomic E-state index is 12.9. The molecule has 0 amide bonds. The third-order valence-corrected chi connectivity index (χ3v) is 3.05. The summed E-state index contributed by atoms with van der Waals surface area (Å²) in [4.78, 5) is 0. The van der Waals surface area contributed by atoms with Crippen LogP contribution in [0.25, 0.3) is 0 Å². The van der Waals surface area contributed by atoms with Gasteiger partial charge in [-0.3, -0.25) is 4.72 Å². The number of benzene rings is 1. The Balaban J connectivity index is 2.96. The maximum atomic E-state index is 12.9. The van der Waals surface area contributed by atoms with E-state index in [1.807, 2.05) is 0 Å². The molecule has 0 aliphatic heterocycles. The molecule has 8 heteroatoms. The maximum Gasteiger partial charge on any atom is 0.355 e. The zero-order chi connectivity index (χ0) is 11.6. The van der Waals surface area contributed by atoms with Gasteiger partial charge in [0.2, 0.25) is 0 Å². The smallest absolute Gasteiger partial charge is 0.279 e. The fraction of sp³-hybridized carbons (Fsp3) is 0.143. The summed E-state index contributed by atoms with van der Waals surface area (Å²) < 4.78 is 59.8. The van der Waals surface area contributed by atoms with Crippen molar-refractivity contribution in [3.63, 3.8) is 0 Å². The highest BCUT2D eigenvalue weighted by Crippen LogP contribution is 2.21. The number of sulfonamides is 1. The molecule has 0 saturated carbocycles. The van der Waals surface area contributed by atoms with Gasteiger partial charge in [0.25, 0.3) is 10.0 Å². The van der Waals surface area contributed by atoms with Crippen molar-refractivity contribution < 1.29 is 21.6 Å². The molecule has 84 valence electrons. The van der Waals surface area contributed by atoms with Gasteiger partial charge in [-0.2, -0.15) is 8.78 Å². The summed E-state index contributed by atoms with van der Waals surface area (Å²) in [5.74, 6) is -4.30. The van der Waals surface area contributed by atoms with Gasteiger partial charge in [0.15, 0.2) is 0 Å². The third-order valence-electron chi connectivity index (χ3n) is 1.41. The highest BCUT2D eigenvalue weighted by molar-refractivity contribution is 9.10. The first-order valence-electron chi connectivity index (χ1n) is 3.58. The molecule has 0 bridgehead atoms. The zero-order valence-electron chi connectivity index (χ0n) is 7.05. The number of hydrogen-bond donors (Lipinski definition) is 1. The van der Waals surface area contributed by atoms with Crippen molar-refractivity contribution in [2.75, 3.05) is 4.72 Å².